The Kier molecular flexibility index (Phi) is 2.21. The first-order chi connectivity index (χ1) is 4.61. The fourth-order valence-electron chi connectivity index (χ4n) is 1.35. The summed E-state index contributed by atoms with van der Waals surface area (Å²) in [6, 6.07) is 0. The third-order valence-corrected chi connectivity index (χ3v) is 1.95. The van der Waals surface area contributed by atoms with Gasteiger partial charge in [-0.2, -0.15) is 0 Å². The zero-order valence-electron chi connectivity index (χ0n) is 5.86. The van der Waals surface area contributed by atoms with E-state index >= 15 is 0 Å². The van der Waals surface area contributed by atoms with Crippen molar-refractivity contribution in [3.63, 3.8) is 0 Å². The number of hydrogen-bond donors (Lipinski definition) is 0. The fourth-order valence-corrected chi connectivity index (χ4v) is 1.35. The molecule has 0 radical (unpaired) electrons. The quantitative estimate of drug-likeness (QED) is 0.500. The van der Waals surface area contributed by atoms with Gasteiger partial charge in [-0.1, -0.05) is 6.92 Å². The average Bonchev–Trinajstić information content (AvgIpc) is 1.82. The van der Waals surface area contributed by atoms with Crippen molar-refractivity contribution < 1.29 is 13.2 Å². The van der Waals surface area contributed by atoms with Crippen LogP contribution in [0.4, 0.5) is 13.2 Å². The normalized spacial score (nSPS) is 49.2. The maximum atomic E-state index is 12.5. The van der Waals surface area contributed by atoms with Gasteiger partial charge in [-0.3, -0.25) is 0 Å². The Morgan fingerprint density at radius 2 is 1.40 bits per heavy atom. The molecule has 3 heteroatoms. The van der Waals surface area contributed by atoms with E-state index in [4.69, 9.17) is 0 Å². The van der Waals surface area contributed by atoms with Crippen LogP contribution in [-0.4, -0.2) is 18.5 Å². The predicted octanol–water partition coefficient (Wildman–Crippen LogP) is 2.43. The second-order valence-electron chi connectivity index (χ2n) is 3.05. The Morgan fingerprint density at radius 1 is 1.00 bits per heavy atom. The van der Waals surface area contributed by atoms with Crippen molar-refractivity contribution in [3.05, 3.63) is 0 Å². The summed E-state index contributed by atoms with van der Waals surface area (Å²) in [6.45, 7) is 1.74. The van der Waals surface area contributed by atoms with Crippen molar-refractivity contribution in [2.75, 3.05) is 0 Å². The molecule has 1 aliphatic carbocycles. The Bertz CT molecular complexity index is 103. The summed E-state index contributed by atoms with van der Waals surface area (Å²) in [7, 11) is 0. The molecule has 1 aliphatic rings. The lowest BCUT2D eigenvalue weighted by atomic mass is 9.87. The molecular formula is C7H11F3. The summed E-state index contributed by atoms with van der Waals surface area (Å²) in [5.74, 6) is -0.0167. The van der Waals surface area contributed by atoms with Crippen molar-refractivity contribution in [2.24, 2.45) is 5.92 Å². The predicted molar refractivity (Wildman–Crippen MR) is 33.1 cm³/mol. The van der Waals surface area contributed by atoms with E-state index in [0.29, 0.717) is 0 Å². The number of halogens is 3. The Labute approximate surface area is 58.4 Å². The second kappa shape index (κ2) is 2.81. The third-order valence-electron chi connectivity index (χ3n) is 1.95. The van der Waals surface area contributed by atoms with Crippen LogP contribution in [0.1, 0.15) is 19.8 Å². The van der Waals surface area contributed by atoms with Crippen LogP contribution in [-0.2, 0) is 0 Å². The minimum atomic E-state index is -1.88. The molecule has 0 aliphatic heterocycles. The maximum Gasteiger partial charge on any atom is 0.162 e. The molecule has 0 N–H and O–H groups in total. The van der Waals surface area contributed by atoms with Gasteiger partial charge in [0.25, 0.3) is 0 Å². The molecule has 0 spiro atoms. The highest BCUT2D eigenvalue weighted by Crippen LogP contribution is 2.30. The molecule has 0 heterocycles. The van der Waals surface area contributed by atoms with Gasteiger partial charge in [0.2, 0.25) is 0 Å². The van der Waals surface area contributed by atoms with E-state index in [0.717, 1.165) is 0 Å². The first-order valence-corrected chi connectivity index (χ1v) is 3.53. The number of alkyl halides is 3. The minimum absolute atomic E-state index is 0.0167. The van der Waals surface area contributed by atoms with E-state index in [2.05, 4.69) is 0 Å². The summed E-state index contributed by atoms with van der Waals surface area (Å²) >= 11 is 0. The molecule has 0 amide bonds. The molecule has 3 unspecified atom stereocenters. The molecular weight excluding hydrogens is 141 g/mol. The fraction of sp³-hybridized carbons (Fsp3) is 1.00. The van der Waals surface area contributed by atoms with Crippen molar-refractivity contribution in [1.29, 1.82) is 0 Å². The van der Waals surface area contributed by atoms with Gasteiger partial charge in [-0.05, 0) is 18.8 Å². The van der Waals surface area contributed by atoms with Crippen molar-refractivity contribution in [3.8, 4) is 0 Å². The zero-order valence-corrected chi connectivity index (χ0v) is 5.86. The molecule has 0 aromatic rings. The smallest absolute Gasteiger partial charge is 0.162 e. The highest BCUT2D eigenvalue weighted by atomic mass is 19.2. The molecule has 0 bridgehead atoms. The van der Waals surface area contributed by atoms with Gasteiger partial charge in [-0.25, -0.2) is 13.2 Å². The van der Waals surface area contributed by atoms with Crippen LogP contribution in [0, 0.1) is 5.92 Å². The van der Waals surface area contributed by atoms with Crippen molar-refractivity contribution in [2.45, 2.75) is 38.3 Å². The lowest BCUT2D eigenvalue weighted by Gasteiger charge is -2.27. The summed E-state index contributed by atoms with van der Waals surface area (Å²) in [6.07, 6.45) is -4.71. The highest BCUT2D eigenvalue weighted by Gasteiger charge is 2.36. The lowest BCUT2D eigenvalue weighted by molar-refractivity contribution is 0.0222. The van der Waals surface area contributed by atoms with Gasteiger partial charge in [0.1, 0.15) is 12.3 Å². The van der Waals surface area contributed by atoms with Crippen LogP contribution >= 0.6 is 0 Å². The number of rotatable bonds is 0. The van der Waals surface area contributed by atoms with Crippen LogP contribution in [0.2, 0.25) is 0 Å². The monoisotopic (exact) mass is 152 g/mol. The maximum absolute atomic E-state index is 12.5. The summed E-state index contributed by atoms with van der Waals surface area (Å²) < 4.78 is 37.3. The topological polar surface area (TPSA) is 0 Å². The SMILES string of the molecule is CC1CC(F)C(F)[C@@H](F)C1. The van der Waals surface area contributed by atoms with E-state index in [-0.39, 0.29) is 18.8 Å². The lowest BCUT2D eigenvalue weighted by Crippen LogP contribution is -2.36. The molecule has 60 valence electrons. The van der Waals surface area contributed by atoms with Crippen LogP contribution in [0.25, 0.3) is 0 Å². The molecule has 1 saturated carbocycles. The molecule has 10 heavy (non-hydrogen) atoms. The van der Waals surface area contributed by atoms with E-state index in [1.54, 1.807) is 6.92 Å². The molecule has 4 atom stereocenters. The van der Waals surface area contributed by atoms with Gasteiger partial charge >= 0.3 is 0 Å². The largest absolute Gasteiger partial charge is 0.244 e. The van der Waals surface area contributed by atoms with Gasteiger partial charge in [-0.15, -0.1) is 0 Å². The Balaban J connectivity index is 2.49. The van der Waals surface area contributed by atoms with Crippen molar-refractivity contribution in [1.82, 2.24) is 0 Å². The average molecular weight is 152 g/mol. The molecule has 1 rings (SSSR count). The standard InChI is InChI=1S/C7H11F3/c1-4-2-5(8)7(10)6(9)3-4/h4-7H,2-3H2,1H3/t4?,5-,6?,7?/m0/s1. The molecule has 0 saturated heterocycles. The van der Waals surface area contributed by atoms with Crippen LogP contribution in [0.15, 0.2) is 0 Å². The van der Waals surface area contributed by atoms with Gasteiger partial charge < -0.3 is 0 Å². The van der Waals surface area contributed by atoms with Crippen molar-refractivity contribution >= 4 is 0 Å². The van der Waals surface area contributed by atoms with Crippen LogP contribution < -0.4 is 0 Å². The van der Waals surface area contributed by atoms with Gasteiger partial charge in [0, 0.05) is 0 Å². The number of hydrogen-bond acceptors (Lipinski definition) is 0. The second-order valence-corrected chi connectivity index (χ2v) is 3.05. The first kappa shape index (κ1) is 7.89. The molecule has 1 fully saturated rings. The van der Waals surface area contributed by atoms with Gasteiger partial charge in [0.15, 0.2) is 6.17 Å². The zero-order chi connectivity index (χ0) is 7.72. The van der Waals surface area contributed by atoms with Gasteiger partial charge in [0.05, 0.1) is 0 Å². The van der Waals surface area contributed by atoms with Crippen LogP contribution in [0.5, 0.6) is 0 Å². The van der Waals surface area contributed by atoms with E-state index < -0.39 is 18.5 Å². The minimum Gasteiger partial charge on any atom is -0.244 e. The van der Waals surface area contributed by atoms with E-state index in [9.17, 15) is 13.2 Å². The summed E-state index contributed by atoms with van der Waals surface area (Å²) in [5, 5.41) is 0. The van der Waals surface area contributed by atoms with E-state index in [1.165, 1.54) is 0 Å². The third kappa shape index (κ3) is 1.44. The summed E-state index contributed by atoms with van der Waals surface area (Å²) in [4.78, 5) is 0. The first-order valence-electron chi connectivity index (χ1n) is 3.53. The highest BCUT2D eigenvalue weighted by molar-refractivity contribution is 4.84. The molecule has 0 nitrogen and oxygen atoms in total. The molecule has 0 aromatic carbocycles. The Hall–Kier alpha value is -0.210. The molecule has 0 aromatic heterocycles. The van der Waals surface area contributed by atoms with Crippen LogP contribution in [0.3, 0.4) is 0 Å². The summed E-state index contributed by atoms with van der Waals surface area (Å²) in [5.41, 5.74) is 0. The Morgan fingerprint density at radius 3 is 1.80 bits per heavy atom. The van der Waals surface area contributed by atoms with E-state index in [1.807, 2.05) is 0 Å².